The van der Waals surface area contributed by atoms with Crippen LogP contribution in [0.3, 0.4) is 0 Å². The van der Waals surface area contributed by atoms with E-state index in [-0.39, 0.29) is 5.41 Å². The third-order valence-corrected chi connectivity index (χ3v) is 8.54. The van der Waals surface area contributed by atoms with Crippen LogP contribution < -0.4 is 9.80 Å². The van der Waals surface area contributed by atoms with Crippen LogP contribution in [-0.2, 0) is 22.5 Å². The number of ether oxygens (including phenoxy) is 1. The first-order valence-corrected chi connectivity index (χ1v) is 15.1. The molecule has 2 aliphatic rings. The summed E-state index contributed by atoms with van der Waals surface area (Å²) in [7, 11) is 0. The molecule has 0 bridgehead atoms. The Labute approximate surface area is 250 Å². The molecule has 3 aromatic rings. The number of hydrogen-bond donors (Lipinski definition) is 1. The van der Waals surface area contributed by atoms with E-state index in [0.717, 1.165) is 79.6 Å². The summed E-state index contributed by atoms with van der Waals surface area (Å²) in [4.78, 5) is 31.5. The lowest BCUT2D eigenvalue weighted by Gasteiger charge is -2.41. The molecule has 2 aromatic heterocycles. The number of anilines is 2. The molecule has 4 heterocycles. The average molecular weight is 572 g/mol. The van der Waals surface area contributed by atoms with Gasteiger partial charge in [-0.25, -0.2) is 14.8 Å². The van der Waals surface area contributed by atoms with Crippen molar-refractivity contribution in [2.24, 2.45) is 5.41 Å². The number of aromatic nitrogens is 3. The Hall–Kier alpha value is -3.52. The summed E-state index contributed by atoms with van der Waals surface area (Å²) in [5.74, 6) is -0.228. The van der Waals surface area contributed by atoms with Crippen molar-refractivity contribution in [3.63, 3.8) is 0 Å². The molecule has 0 aliphatic carbocycles. The van der Waals surface area contributed by atoms with E-state index in [9.17, 15) is 9.90 Å². The molecule has 0 spiro atoms. The van der Waals surface area contributed by atoms with Gasteiger partial charge in [-0.15, -0.1) is 0 Å². The summed E-state index contributed by atoms with van der Waals surface area (Å²) in [6, 6.07) is 8.57. The molecule has 1 N–H and O–H groups in total. The zero-order valence-corrected chi connectivity index (χ0v) is 26.4. The molecule has 8 nitrogen and oxygen atoms in total. The molecule has 1 saturated heterocycles. The SMILES string of the molecule is Cc1ccnc(N2CCc3cc(-c4c(C)nc(C)c([C@H](OC(C)(C)C)C(=O)O)c4N4CCC(C)(C)CC4)ccc3C2)n1. The summed E-state index contributed by atoms with van der Waals surface area (Å²) >= 11 is 0. The lowest BCUT2D eigenvalue weighted by molar-refractivity contribution is -0.160. The maximum atomic E-state index is 12.8. The molecule has 1 aromatic carbocycles. The number of carboxylic acids is 1. The number of piperidine rings is 1. The first-order valence-electron chi connectivity index (χ1n) is 15.1. The van der Waals surface area contributed by atoms with E-state index in [1.165, 1.54) is 11.1 Å². The van der Waals surface area contributed by atoms with Gasteiger partial charge >= 0.3 is 5.97 Å². The van der Waals surface area contributed by atoms with E-state index in [0.29, 0.717) is 11.3 Å². The van der Waals surface area contributed by atoms with Crippen LogP contribution in [0, 0.1) is 26.2 Å². The van der Waals surface area contributed by atoms with Crippen molar-refractivity contribution in [2.45, 2.75) is 92.9 Å². The molecule has 0 radical (unpaired) electrons. The Morgan fingerprint density at radius 3 is 2.33 bits per heavy atom. The van der Waals surface area contributed by atoms with Crippen LogP contribution in [0.1, 0.15) is 87.3 Å². The molecular formula is C34H45N5O3. The summed E-state index contributed by atoms with van der Waals surface area (Å²) in [5, 5.41) is 10.5. The molecule has 1 atom stereocenters. The number of aliphatic carboxylic acids is 1. The highest BCUT2D eigenvalue weighted by Crippen LogP contribution is 2.45. The number of rotatable bonds is 6. The lowest BCUT2D eigenvalue weighted by atomic mass is 9.81. The smallest absolute Gasteiger partial charge is 0.337 e. The van der Waals surface area contributed by atoms with E-state index < -0.39 is 17.7 Å². The summed E-state index contributed by atoms with van der Waals surface area (Å²) in [6.45, 7) is 19.6. The van der Waals surface area contributed by atoms with E-state index in [2.05, 4.69) is 51.8 Å². The van der Waals surface area contributed by atoms with Gasteiger partial charge in [0.2, 0.25) is 5.95 Å². The third-order valence-electron chi connectivity index (χ3n) is 8.54. The Morgan fingerprint density at radius 2 is 1.69 bits per heavy atom. The maximum Gasteiger partial charge on any atom is 0.337 e. The largest absolute Gasteiger partial charge is 0.479 e. The first kappa shape index (κ1) is 30.0. The Kier molecular flexibility index (Phi) is 8.05. The van der Waals surface area contributed by atoms with Crippen molar-refractivity contribution < 1.29 is 14.6 Å². The molecule has 0 unspecified atom stereocenters. The summed E-state index contributed by atoms with van der Waals surface area (Å²) < 4.78 is 6.24. The van der Waals surface area contributed by atoms with Crippen LogP contribution >= 0.6 is 0 Å². The van der Waals surface area contributed by atoms with Gasteiger partial charge in [-0.3, -0.25) is 4.98 Å². The normalized spacial score (nSPS) is 17.6. The van der Waals surface area contributed by atoms with Crippen molar-refractivity contribution in [1.29, 1.82) is 0 Å². The van der Waals surface area contributed by atoms with Crippen LogP contribution in [0.2, 0.25) is 0 Å². The van der Waals surface area contributed by atoms with E-state index in [4.69, 9.17) is 9.72 Å². The number of aryl methyl sites for hydroxylation is 3. The van der Waals surface area contributed by atoms with Crippen LogP contribution in [-0.4, -0.2) is 51.3 Å². The van der Waals surface area contributed by atoms with E-state index in [1.54, 1.807) is 0 Å². The third kappa shape index (κ3) is 6.28. The molecule has 5 rings (SSSR count). The standard InChI is InChI=1S/C34H45N5O3/c1-21-11-15-35-32(36-21)39-16-12-24-19-25(9-10-26(24)20-39)27-22(2)37-23(3)28(30(31(40)41)42-33(4,5)6)29(27)38-17-13-34(7,8)14-18-38/h9-11,15,19,30H,12-14,16-18,20H2,1-8H3,(H,40,41)/t30-/m0/s1. The van der Waals surface area contributed by atoms with Gasteiger partial charge in [-0.05, 0) is 89.0 Å². The number of nitrogens with zero attached hydrogens (tertiary/aromatic N) is 5. The number of pyridine rings is 1. The van der Waals surface area contributed by atoms with Crippen LogP contribution in [0.15, 0.2) is 30.5 Å². The molecule has 8 heteroatoms. The molecule has 224 valence electrons. The van der Waals surface area contributed by atoms with Crippen molar-refractivity contribution in [3.05, 3.63) is 64.2 Å². The highest BCUT2D eigenvalue weighted by atomic mass is 16.5. The molecule has 0 amide bonds. The zero-order valence-electron chi connectivity index (χ0n) is 26.4. The van der Waals surface area contributed by atoms with Crippen LogP contribution in [0.5, 0.6) is 0 Å². The van der Waals surface area contributed by atoms with Crippen LogP contribution in [0.4, 0.5) is 11.6 Å². The van der Waals surface area contributed by atoms with Gasteiger partial charge in [0.1, 0.15) is 0 Å². The minimum Gasteiger partial charge on any atom is -0.479 e. The first-order chi connectivity index (χ1) is 19.7. The predicted octanol–water partition coefficient (Wildman–Crippen LogP) is 6.59. The number of hydrogen-bond acceptors (Lipinski definition) is 7. The van der Waals surface area contributed by atoms with E-state index in [1.807, 2.05) is 53.8 Å². The second-order valence-corrected chi connectivity index (χ2v) is 13.7. The number of fused-ring (bicyclic) bond motifs is 1. The van der Waals surface area contributed by atoms with Gasteiger partial charge in [0, 0.05) is 60.6 Å². The van der Waals surface area contributed by atoms with Crippen LogP contribution in [0.25, 0.3) is 11.1 Å². The summed E-state index contributed by atoms with van der Waals surface area (Å²) in [5.41, 5.74) is 8.44. The monoisotopic (exact) mass is 571 g/mol. The second-order valence-electron chi connectivity index (χ2n) is 13.7. The number of carbonyl (C=O) groups is 1. The molecule has 42 heavy (non-hydrogen) atoms. The lowest BCUT2D eigenvalue weighted by Crippen LogP contribution is -2.39. The fourth-order valence-corrected chi connectivity index (χ4v) is 6.22. The highest BCUT2D eigenvalue weighted by Gasteiger charge is 2.36. The molecular weight excluding hydrogens is 526 g/mol. The van der Waals surface area contributed by atoms with Crippen molar-refractivity contribution >= 4 is 17.6 Å². The quantitative estimate of drug-likeness (QED) is 0.354. The minimum absolute atomic E-state index is 0.251. The van der Waals surface area contributed by atoms with Crippen molar-refractivity contribution in [1.82, 2.24) is 15.0 Å². The number of benzene rings is 1. The molecule has 2 aliphatic heterocycles. The topological polar surface area (TPSA) is 91.7 Å². The molecule has 1 fully saturated rings. The number of carboxylic acid groups (broad SMARTS) is 1. The van der Waals surface area contributed by atoms with Gasteiger partial charge in [0.05, 0.1) is 11.3 Å². The minimum atomic E-state index is -1.12. The summed E-state index contributed by atoms with van der Waals surface area (Å²) in [6.07, 6.45) is 3.64. The van der Waals surface area contributed by atoms with Crippen molar-refractivity contribution in [2.75, 3.05) is 29.4 Å². The fourth-order valence-electron chi connectivity index (χ4n) is 6.22. The fraction of sp³-hybridized carbons (Fsp3) is 0.529. The Bertz CT molecular complexity index is 1480. The zero-order chi connectivity index (χ0) is 30.4. The predicted molar refractivity (Wildman–Crippen MR) is 167 cm³/mol. The van der Waals surface area contributed by atoms with Gasteiger partial charge in [0.25, 0.3) is 0 Å². The highest BCUT2D eigenvalue weighted by molar-refractivity contribution is 5.88. The second kappa shape index (κ2) is 11.3. The van der Waals surface area contributed by atoms with Crippen molar-refractivity contribution in [3.8, 4) is 11.1 Å². The van der Waals surface area contributed by atoms with Gasteiger partial charge in [-0.2, -0.15) is 0 Å². The molecule has 0 saturated carbocycles. The average Bonchev–Trinajstić information content (AvgIpc) is 2.90. The van der Waals surface area contributed by atoms with Gasteiger partial charge in [0.15, 0.2) is 6.10 Å². The maximum absolute atomic E-state index is 12.8. The van der Waals surface area contributed by atoms with Gasteiger partial charge in [-0.1, -0.05) is 32.0 Å². The van der Waals surface area contributed by atoms with Gasteiger partial charge < -0.3 is 19.6 Å². The van der Waals surface area contributed by atoms with E-state index >= 15 is 0 Å². The Balaban J connectivity index is 1.62. The Morgan fingerprint density at radius 1 is 0.976 bits per heavy atom.